The molecule has 0 aliphatic heterocycles. The quantitative estimate of drug-likeness (QED) is 0.0321. The molecule has 0 heterocycles. The van der Waals surface area contributed by atoms with Gasteiger partial charge in [-0.05, 0) is 48.1 Å². The molecule has 1 aromatic carbocycles. The van der Waals surface area contributed by atoms with Gasteiger partial charge in [0.15, 0.2) is 5.75 Å². The fourth-order valence-electron chi connectivity index (χ4n) is 7.04. The van der Waals surface area contributed by atoms with Crippen LogP contribution >= 0.6 is 0 Å². The maximum absolute atomic E-state index is 13.4. The van der Waals surface area contributed by atoms with Crippen molar-refractivity contribution in [3.63, 3.8) is 0 Å². The van der Waals surface area contributed by atoms with Crippen molar-refractivity contribution in [1.29, 1.82) is 0 Å². The van der Waals surface area contributed by atoms with Crippen molar-refractivity contribution in [2.45, 2.75) is 193 Å². The highest BCUT2D eigenvalue weighted by Crippen LogP contribution is 2.32. The molecule has 5 nitrogen and oxygen atoms in total. The molecule has 6 heteroatoms. The number of hydrogen-bond donors (Lipinski definition) is 0. The van der Waals surface area contributed by atoms with Crippen molar-refractivity contribution in [2.75, 3.05) is 30.5 Å². The third-order valence-corrected chi connectivity index (χ3v) is 12.6. The molecule has 0 saturated heterocycles. The number of benzene rings is 1. The Hall–Kier alpha value is -1.82. The Balaban J connectivity index is 1.71. The summed E-state index contributed by atoms with van der Waals surface area (Å²) in [6.45, 7) is 5.45. The number of rotatable bonds is 32. The number of carbonyl (C=O) groups excluding carboxylic acids is 3. The largest absolute Gasteiger partial charge is 0.466 e. The number of hydrogen-bond acceptors (Lipinski definition) is 5. The minimum Gasteiger partial charge on any atom is -0.466 e. The lowest BCUT2D eigenvalue weighted by atomic mass is 9.84. The molecule has 50 heavy (non-hydrogen) atoms. The first-order valence-corrected chi connectivity index (χ1v) is 22.8. The van der Waals surface area contributed by atoms with E-state index in [0.717, 1.165) is 31.2 Å². The SMILES string of the molecule is CCCCCCCCCCCCOC(=O)CC[S+](CCC(=O)OCCCCCCCCCCCC)CC(=O)c1ccc(C2CCCCC2)cc1. The van der Waals surface area contributed by atoms with Crippen LogP contribution in [0.2, 0.25) is 0 Å². The van der Waals surface area contributed by atoms with Gasteiger partial charge in [-0.1, -0.05) is 173 Å². The first kappa shape index (κ1) is 44.3. The van der Waals surface area contributed by atoms with E-state index in [9.17, 15) is 14.4 Å². The van der Waals surface area contributed by atoms with Crippen LogP contribution in [0.4, 0.5) is 0 Å². The second-order valence-corrected chi connectivity index (χ2v) is 17.2. The summed E-state index contributed by atoms with van der Waals surface area (Å²) < 4.78 is 11.1. The lowest BCUT2D eigenvalue weighted by molar-refractivity contribution is -0.144. The number of esters is 2. The normalized spacial score (nSPS) is 13.5. The first-order valence-electron chi connectivity index (χ1n) is 21.1. The average molecular weight is 716 g/mol. The molecular formula is C44H75O5S+. The molecule has 286 valence electrons. The maximum atomic E-state index is 13.4. The topological polar surface area (TPSA) is 69.7 Å². The summed E-state index contributed by atoms with van der Waals surface area (Å²) in [4.78, 5) is 38.6. The Morgan fingerprint density at radius 2 is 0.960 bits per heavy atom. The van der Waals surface area contributed by atoms with E-state index in [1.165, 1.54) is 140 Å². The number of ether oxygens (including phenoxy) is 2. The van der Waals surface area contributed by atoms with Crippen LogP contribution in [0.5, 0.6) is 0 Å². The van der Waals surface area contributed by atoms with Crippen molar-refractivity contribution in [1.82, 2.24) is 0 Å². The molecule has 0 unspecified atom stereocenters. The first-order chi connectivity index (χ1) is 24.5. The van der Waals surface area contributed by atoms with E-state index in [4.69, 9.17) is 9.47 Å². The second kappa shape index (κ2) is 30.8. The highest BCUT2D eigenvalue weighted by atomic mass is 32.2. The summed E-state index contributed by atoms with van der Waals surface area (Å²) in [5.41, 5.74) is 2.07. The Kier molecular flexibility index (Phi) is 27.3. The van der Waals surface area contributed by atoms with E-state index in [1.54, 1.807) is 0 Å². The lowest BCUT2D eigenvalue weighted by Crippen LogP contribution is -2.26. The summed E-state index contributed by atoms with van der Waals surface area (Å²) >= 11 is 0. The van der Waals surface area contributed by atoms with Crippen molar-refractivity contribution >= 4 is 28.6 Å². The van der Waals surface area contributed by atoms with Crippen LogP contribution < -0.4 is 0 Å². The number of Topliss-reactive ketones (excluding diaryl/α,β-unsaturated/α-hetero) is 1. The van der Waals surface area contributed by atoms with Crippen LogP contribution in [0, 0.1) is 0 Å². The molecule has 0 radical (unpaired) electrons. The van der Waals surface area contributed by atoms with E-state index in [2.05, 4.69) is 26.0 Å². The molecule has 0 spiro atoms. The molecule has 0 bridgehead atoms. The van der Waals surface area contributed by atoms with Crippen LogP contribution in [0.25, 0.3) is 0 Å². The van der Waals surface area contributed by atoms with Gasteiger partial charge in [0.2, 0.25) is 5.78 Å². The molecule has 1 saturated carbocycles. The number of unbranched alkanes of at least 4 members (excludes halogenated alkanes) is 18. The van der Waals surface area contributed by atoms with Crippen molar-refractivity contribution in [2.24, 2.45) is 0 Å². The van der Waals surface area contributed by atoms with Crippen molar-refractivity contribution in [3.8, 4) is 0 Å². The van der Waals surface area contributed by atoms with Gasteiger partial charge < -0.3 is 9.47 Å². The molecule has 0 aromatic heterocycles. The molecule has 0 amide bonds. The monoisotopic (exact) mass is 716 g/mol. The van der Waals surface area contributed by atoms with E-state index in [1.807, 2.05) is 12.1 Å². The minimum absolute atomic E-state index is 0.0981. The van der Waals surface area contributed by atoms with Crippen molar-refractivity contribution < 1.29 is 23.9 Å². The zero-order valence-electron chi connectivity index (χ0n) is 32.5. The molecular weight excluding hydrogens is 641 g/mol. The lowest BCUT2D eigenvalue weighted by Gasteiger charge is -2.22. The maximum Gasteiger partial charge on any atom is 0.310 e. The van der Waals surface area contributed by atoms with Crippen LogP contribution in [0.1, 0.15) is 209 Å². The van der Waals surface area contributed by atoms with Gasteiger partial charge in [0.1, 0.15) is 11.5 Å². The Morgan fingerprint density at radius 1 is 0.560 bits per heavy atom. The van der Waals surface area contributed by atoms with Gasteiger partial charge >= 0.3 is 11.9 Å². The fraction of sp³-hybridized carbons (Fsp3) is 0.795. The van der Waals surface area contributed by atoms with Crippen LogP contribution in [-0.4, -0.2) is 48.2 Å². The number of ketones is 1. The highest BCUT2D eigenvalue weighted by molar-refractivity contribution is 7.97. The van der Waals surface area contributed by atoms with Crippen LogP contribution in [-0.2, 0) is 30.0 Å². The predicted molar refractivity (Wildman–Crippen MR) is 213 cm³/mol. The third kappa shape index (κ3) is 22.9. The van der Waals surface area contributed by atoms with E-state index >= 15 is 0 Å². The van der Waals surface area contributed by atoms with E-state index < -0.39 is 0 Å². The summed E-state index contributed by atoms with van der Waals surface area (Å²) in [6.07, 6.45) is 31.9. The van der Waals surface area contributed by atoms with Crippen LogP contribution in [0.15, 0.2) is 24.3 Å². The zero-order chi connectivity index (χ0) is 35.9. The molecule has 1 aliphatic rings. The Bertz CT molecular complexity index is 945. The predicted octanol–water partition coefficient (Wildman–Crippen LogP) is 12.2. The molecule has 1 aliphatic carbocycles. The zero-order valence-corrected chi connectivity index (χ0v) is 33.3. The standard InChI is InChI=1S/C44H75O5S/c1-3-5-7-9-11-13-15-17-19-24-34-48-43(46)32-36-50(37-33-44(47)49-35-25-20-18-16-14-12-10-8-6-4-2)38-42(45)41-30-28-40(29-31-41)39-26-22-21-23-27-39/h28-31,39H,3-27,32-38H2,1-2H3/q+1. The van der Waals surface area contributed by atoms with Crippen molar-refractivity contribution in [3.05, 3.63) is 35.4 Å². The molecule has 0 N–H and O–H groups in total. The van der Waals surface area contributed by atoms with Gasteiger partial charge in [0, 0.05) is 5.56 Å². The Morgan fingerprint density at radius 3 is 1.38 bits per heavy atom. The smallest absolute Gasteiger partial charge is 0.310 e. The Labute approximate surface area is 310 Å². The third-order valence-electron chi connectivity index (χ3n) is 10.4. The van der Waals surface area contributed by atoms with Gasteiger partial charge in [-0.3, -0.25) is 14.4 Å². The number of carbonyl (C=O) groups is 3. The van der Waals surface area contributed by atoms with E-state index in [0.29, 0.717) is 49.2 Å². The molecule has 1 fully saturated rings. The summed E-state index contributed by atoms with van der Waals surface area (Å²) in [7, 11) is -0.390. The molecule has 1 aromatic rings. The summed E-state index contributed by atoms with van der Waals surface area (Å²) in [6, 6.07) is 8.24. The second-order valence-electron chi connectivity index (χ2n) is 14.8. The molecule has 2 rings (SSSR count). The average Bonchev–Trinajstić information content (AvgIpc) is 3.14. The minimum atomic E-state index is -0.390. The summed E-state index contributed by atoms with van der Waals surface area (Å²) in [5.74, 6) is 1.85. The highest BCUT2D eigenvalue weighted by Gasteiger charge is 2.27. The van der Waals surface area contributed by atoms with Gasteiger partial charge in [-0.25, -0.2) is 0 Å². The van der Waals surface area contributed by atoms with E-state index in [-0.39, 0.29) is 28.6 Å². The fourth-order valence-corrected chi connectivity index (χ4v) is 8.98. The summed E-state index contributed by atoms with van der Waals surface area (Å²) in [5, 5.41) is 0. The van der Waals surface area contributed by atoms with Gasteiger partial charge in [0.05, 0.1) is 26.1 Å². The van der Waals surface area contributed by atoms with Gasteiger partial charge in [-0.15, -0.1) is 0 Å². The van der Waals surface area contributed by atoms with Crippen LogP contribution in [0.3, 0.4) is 0 Å². The molecule has 0 atom stereocenters. The van der Waals surface area contributed by atoms with Gasteiger partial charge in [-0.2, -0.15) is 0 Å². The van der Waals surface area contributed by atoms with Gasteiger partial charge in [0.25, 0.3) is 0 Å².